The first-order chi connectivity index (χ1) is 6.09. The van der Waals surface area contributed by atoms with Gasteiger partial charge in [-0.05, 0) is 28.9 Å². The molecule has 2 heterocycles. The predicted molar refractivity (Wildman–Crippen MR) is 51.2 cm³/mol. The zero-order valence-electron chi connectivity index (χ0n) is 7.25. The Labute approximate surface area is 84.9 Å². The van der Waals surface area contributed by atoms with E-state index in [2.05, 4.69) is 20.9 Å². The average molecular weight is 244 g/mol. The van der Waals surface area contributed by atoms with E-state index in [0.717, 1.165) is 15.7 Å². The molecule has 0 bridgehead atoms. The van der Waals surface area contributed by atoms with Crippen LogP contribution in [0, 0.1) is 0 Å². The third-order valence-electron chi connectivity index (χ3n) is 2.08. The summed E-state index contributed by atoms with van der Waals surface area (Å²) in [5.74, 6) is 0. The minimum absolute atomic E-state index is 0.314. The van der Waals surface area contributed by atoms with Crippen molar-refractivity contribution < 1.29 is 9.84 Å². The second-order valence-corrected chi connectivity index (χ2v) is 4.34. The quantitative estimate of drug-likeness (QED) is 0.753. The Morgan fingerprint density at radius 2 is 2.46 bits per heavy atom. The van der Waals surface area contributed by atoms with Gasteiger partial charge in [0.2, 0.25) is 0 Å². The number of hydrogen-bond donors (Lipinski definition) is 1. The fourth-order valence-electron chi connectivity index (χ4n) is 1.50. The summed E-state index contributed by atoms with van der Waals surface area (Å²) in [5.41, 5.74) is 0.724. The first-order valence-electron chi connectivity index (χ1n) is 4.04. The van der Waals surface area contributed by atoms with E-state index in [1.165, 1.54) is 0 Å². The Kier molecular flexibility index (Phi) is 2.14. The van der Waals surface area contributed by atoms with E-state index in [1.54, 1.807) is 13.1 Å². The van der Waals surface area contributed by atoms with Gasteiger partial charge in [-0.15, -0.1) is 0 Å². The molecule has 1 aromatic heterocycles. The molecule has 1 aliphatic rings. The Morgan fingerprint density at radius 1 is 1.69 bits per heavy atom. The van der Waals surface area contributed by atoms with E-state index in [4.69, 9.17) is 4.74 Å². The molecular formula is C9H10BrNO2. The normalized spacial score (nSPS) is 27.0. The summed E-state index contributed by atoms with van der Waals surface area (Å²) in [6, 6.07) is 1.93. The molecule has 1 aromatic rings. The molecular weight excluding hydrogens is 234 g/mol. The number of aromatic nitrogens is 1. The number of rotatable bonds is 0. The molecule has 0 saturated heterocycles. The molecule has 0 fully saturated rings. The third kappa shape index (κ3) is 1.61. The zero-order valence-corrected chi connectivity index (χ0v) is 8.84. The molecule has 13 heavy (non-hydrogen) atoms. The minimum Gasteiger partial charge on any atom is -0.381 e. The fourth-order valence-corrected chi connectivity index (χ4v) is 1.88. The maximum absolute atomic E-state index is 9.91. The van der Waals surface area contributed by atoms with E-state index in [9.17, 15) is 5.11 Å². The lowest BCUT2D eigenvalue weighted by Gasteiger charge is -2.29. The van der Waals surface area contributed by atoms with E-state index in [0.29, 0.717) is 13.2 Å². The summed E-state index contributed by atoms with van der Waals surface area (Å²) in [4.78, 5) is 4.19. The number of hydrogen-bond acceptors (Lipinski definition) is 3. The van der Waals surface area contributed by atoms with Crippen LogP contribution in [0.25, 0.3) is 0 Å². The molecule has 0 spiro atoms. The second kappa shape index (κ2) is 3.04. The van der Waals surface area contributed by atoms with Crippen LogP contribution in [0.1, 0.15) is 18.2 Å². The molecule has 1 atom stereocenters. The van der Waals surface area contributed by atoms with Gasteiger partial charge in [0.05, 0.1) is 18.9 Å². The van der Waals surface area contributed by atoms with E-state index in [-0.39, 0.29) is 0 Å². The first-order valence-corrected chi connectivity index (χ1v) is 4.84. The van der Waals surface area contributed by atoms with Gasteiger partial charge in [-0.25, -0.2) is 0 Å². The van der Waals surface area contributed by atoms with Crippen molar-refractivity contribution in [3.63, 3.8) is 0 Å². The van der Waals surface area contributed by atoms with Crippen molar-refractivity contribution >= 4 is 15.9 Å². The summed E-state index contributed by atoms with van der Waals surface area (Å²) >= 11 is 3.33. The fraction of sp³-hybridized carbons (Fsp3) is 0.444. The van der Waals surface area contributed by atoms with Crippen LogP contribution in [0.15, 0.2) is 16.7 Å². The number of ether oxygens (including phenoxy) is 1. The highest BCUT2D eigenvalue weighted by atomic mass is 79.9. The van der Waals surface area contributed by atoms with Gasteiger partial charge in [-0.1, -0.05) is 0 Å². The van der Waals surface area contributed by atoms with Crippen LogP contribution in [-0.4, -0.2) is 16.7 Å². The molecule has 4 heteroatoms. The zero-order chi connectivity index (χ0) is 9.47. The van der Waals surface area contributed by atoms with E-state index >= 15 is 0 Å². The monoisotopic (exact) mass is 243 g/mol. The van der Waals surface area contributed by atoms with Crippen molar-refractivity contribution in [2.75, 3.05) is 6.61 Å². The number of pyridine rings is 1. The second-order valence-electron chi connectivity index (χ2n) is 3.43. The molecule has 1 unspecified atom stereocenters. The van der Waals surface area contributed by atoms with Crippen molar-refractivity contribution in [3.05, 3.63) is 28.0 Å². The molecule has 2 rings (SSSR count). The first kappa shape index (κ1) is 9.12. The van der Waals surface area contributed by atoms with E-state index < -0.39 is 5.60 Å². The van der Waals surface area contributed by atoms with Crippen LogP contribution >= 0.6 is 15.9 Å². The molecule has 3 nitrogen and oxygen atoms in total. The Hall–Kier alpha value is -0.450. The Bertz CT molecular complexity index is 338. The van der Waals surface area contributed by atoms with Gasteiger partial charge in [0, 0.05) is 16.2 Å². The molecule has 0 aliphatic carbocycles. The van der Waals surface area contributed by atoms with Crippen LogP contribution < -0.4 is 0 Å². The largest absolute Gasteiger partial charge is 0.381 e. The minimum atomic E-state index is -0.950. The van der Waals surface area contributed by atoms with Crippen LogP contribution in [0.3, 0.4) is 0 Å². The van der Waals surface area contributed by atoms with Gasteiger partial charge in [0.15, 0.2) is 0 Å². The topological polar surface area (TPSA) is 42.4 Å². The molecule has 1 aliphatic heterocycles. The lowest BCUT2D eigenvalue weighted by atomic mass is 9.96. The van der Waals surface area contributed by atoms with Gasteiger partial charge in [-0.3, -0.25) is 4.98 Å². The third-order valence-corrected chi connectivity index (χ3v) is 2.52. The molecule has 0 aromatic carbocycles. The Balaban J connectivity index is 2.53. The lowest BCUT2D eigenvalue weighted by molar-refractivity contribution is -0.0636. The van der Waals surface area contributed by atoms with Crippen LogP contribution in [0.2, 0.25) is 0 Å². The van der Waals surface area contributed by atoms with Crippen molar-refractivity contribution in [2.24, 2.45) is 0 Å². The molecule has 1 N–H and O–H groups in total. The van der Waals surface area contributed by atoms with Crippen LogP contribution in [0.5, 0.6) is 0 Å². The molecule has 0 saturated carbocycles. The van der Waals surface area contributed by atoms with Gasteiger partial charge in [0.25, 0.3) is 0 Å². The van der Waals surface area contributed by atoms with Gasteiger partial charge in [0.1, 0.15) is 5.60 Å². The molecule has 0 amide bonds. The number of halogens is 1. The highest BCUT2D eigenvalue weighted by molar-refractivity contribution is 9.10. The number of aliphatic hydroxyl groups is 1. The van der Waals surface area contributed by atoms with Gasteiger partial charge in [-0.2, -0.15) is 0 Å². The molecule has 70 valence electrons. The maximum atomic E-state index is 9.91. The smallest absolute Gasteiger partial charge is 0.127 e. The van der Waals surface area contributed by atoms with Gasteiger partial charge < -0.3 is 9.84 Å². The number of nitrogens with zero attached hydrogens (tertiary/aromatic N) is 1. The summed E-state index contributed by atoms with van der Waals surface area (Å²) in [6.45, 7) is 2.55. The maximum Gasteiger partial charge on any atom is 0.127 e. The summed E-state index contributed by atoms with van der Waals surface area (Å²) in [5, 5.41) is 9.91. The Morgan fingerprint density at radius 3 is 3.23 bits per heavy atom. The summed E-state index contributed by atoms with van der Waals surface area (Å²) < 4.78 is 6.17. The summed E-state index contributed by atoms with van der Waals surface area (Å²) in [7, 11) is 0. The van der Waals surface area contributed by atoms with Crippen molar-refractivity contribution in [1.29, 1.82) is 0 Å². The van der Waals surface area contributed by atoms with E-state index in [1.807, 2.05) is 6.07 Å². The van der Waals surface area contributed by atoms with Crippen LogP contribution in [-0.2, 0) is 16.9 Å². The van der Waals surface area contributed by atoms with Crippen molar-refractivity contribution in [1.82, 2.24) is 4.98 Å². The van der Waals surface area contributed by atoms with Gasteiger partial charge >= 0.3 is 0 Å². The van der Waals surface area contributed by atoms with Crippen LogP contribution in [0.4, 0.5) is 0 Å². The average Bonchev–Trinajstić information content (AvgIpc) is 2.02. The standard InChI is InChI=1S/C9H10BrNO2/c1-9(12)5-13-4-6-2-7(10)3-11-8(6)9/h2-3,12H,4-5H2,1H3. The highest BCUT2D eigenvalue weighted by Crippen LogP contribution is 2.29. The van der Waals surface area contributed by atoms with Crippen molar-refractivity contribution in [3.8, 4) is 0 Å². The SMILES string of the molecule is CC1(O)COCc2cc(Br)cnc21. The highest BCUT2D eigenvalue weighted by Gasteiger charge is 2.31. The van der Waals surface area contributed by atoms with Crippen molar-refractivity contribution in [2.45, 2.75) is 19.1 Å². The number of fused-ring (bicyclic) bond motifs is 1. The summed E-state index contributed by atoms with van der Waals surface area (Å²) in [6.07, 6.45) is 1.69. The predicted octanol–water partition coefficient (Wildman–Crippen LogP) is 1.58. The lowest BCUT2D eigenvalue weighted by Crippen LogP contribution is -2.34. The molecule has 0 radical (unpaired) electrons.